The predicted octanol–water partition coefficient (Wildman–Crippen LogP) is 1.57. The van der Waals surface area contributed by atoms with Crippen molar-refractivity contribution >= 4 is 5.91 Å². The number of benzene rings is 1. The summed E-state index contributed by atoms with van der Waals surface area (Å²) >= 11 is 0. The van der Waals surface area contributed by atoms with Gasteiger partial charge in [0.15, 0.2) is 0 Å². The zero-order valence-corrected chi connectivity index (χ0v) is 10.5. The molecule has 1 atom stereocenters. The number of hydrogen-bond acceptors (Lipinski definition) is 3. The minimum atomic E-state index is -0.459. The van der Waals surface area contributed by atoms with Crippen molar-refractivity contribution in [2.45, 2.75) is 19.0 Å². The van der Waals surface area contributed by atoms with Gasteiger partial charge in [-0.15, -0.1) is 0 Å². The number of nitrogens with zero attached hydrogens (tertiary/aromatic N) is 1. The number of aromatic nitrogens is 1. The molecule has 3 N–H and O–H groups in total. The quantitative estimate of drug-likeness (QED) is 0.872. The van der Waals surface area contributed by atoms with Crippen LogP contribution >= 0.6 is 0 Å². The van der Waals surface area contributed by atoms with Crippen molar-refractivity contribution in [1.29, 1.82) is 0 Å². The van der Waals surface area contributed by atoms with Crippen molar-refractivity contribution in [1.82, 2.24) is 10.3 Å². The lowest BCUT2D eigenvalue weighted by Gasteiger charge is -2.12. The molecule has 1 amide bonds. The molecule has 0 saturated heterocycles. The van der Waals surface area contributed by atoms with Crippen LogP contribution in [0.1, 0.15) is 33.2 Å². The van der Waals surface area contributed by atoms with Gasteiger partial charge < -0.3 is 11.1 Å². The number of pyridine rings is 1. The molecule has 4 nitrogen and oxygen atoms in total. The molecule has 0 spiro atoms. The van der Waals surface area contributed by atoms with Crippen LogP contribution in [0.25, 0.3) is 0 Å². The van der Waals surface area contributed by atoms with Crippen molar-refractivity contribution in [2.75, 3.05) is 0 Å². The van der Waals surface area contributed by atoms with Crippen molar-refractivity contribution < 1.29 is 4.79 Å². The van der Waals surface area contributed by atoms with Crippen molar-refractivity contribution in [3.05, 3.63) is 65.0 Å². The van der Waals surface area contributed by atoms with Crippen LogP contribution in [0.15, 0.2) is 42.6 Å². The Bertz CT molecular complexity index is 610. The molecule has 0 bridgehead atoms. The third kappa shape index (κ3) is 2.22. The van der Waals surface area contributed by atoms with Crippen LogP contribution < -0.4 is 11.1 Å². The maximum atomic E-state index is 11.4. The molecule has 4 heteroatoms. The van der Waals surface area contributed by atoms with Gasteiger partial charge in [-0.3, -0.25) is 9.78 Å². The smallest absolute Gasteiger partial charge is 0.267 e. The van der Waals surface area contributed by atoms with Crippen LogP contribution in [-0.4, -0.2) is 10.9 Å². The molecule has 0 aliphatic carbocycles. The second kappa shape index (κ2) is 4.82. The summed E-state index contributed by atoms with van der Waals surface area (Å²) in [6, 6.07) is 12.5. The molecule has 1 aliphatic heterocycles. The number of carbonyl (C=O) groups excluding carboxylic acids is 1. The lowest BCUT2D eigenvalue weighted by molar-refractivity contribution is 0.0994. The lowest BCUT2D eigenvalue weighted by Crippen LogP contribution is -2.16. The van der Waals surface area contributed by atoms with Gasteiger partial charge in [0.2, 0.25) is 0 Å². The van der Waals surface area contributed by atoms with Gasteiger partial charge in [-0.25, -0.2) is 0 Å². The molecule has 1 aromatic heterocycles. The zero-order valence-electron chi connectivity index (χ0n) is 10.5. The summed E-state index contributed by atoms with van der Waals surface area (Å²) in [5.74, 6) is -0.459. The van der Waals surface area contributed by atoms with E-state index in [-0.39, 0.29) is 6.04 Å². The van der Waals surface area contributed by atoms with Gasteiger partial charge in [0, 0.05) is 24.3 Å². The highest BCUT2D eigenvalue weighted by Crippen LogP contribution is 2.29. The largest absolute Gasteiger partial charge is 0.364 e. The van der Waals surface area contributed by atoms with Gasteiger partial charge in [0.25, 0.3) is 5.91 Å². The van der Waals surface area contributed by atoms with Gasteiger partial charge in [-0.1, -0.05) is 30.3 Å². The molecule has 1 aliphatic rings. The molecule has 2 aromatic rings. The molecule has 96 valence electrons. The average Bonchev–Trinajstić information content (AvgIpc) is 2.83. The summed E-state index contributed by atoms with van der Waals surface area (Å²) in [6.07, 6.45) is 2.56. The van der Waals surface area contributed by atoms with Crippen LogP contribution in [0.3, 0.4) is 0 Å². The SMILES string of the molecule is NC(=O)c1nccc2c1CNC2Cc1ccccc1. The van der Waals surface area contributed by atoms with E-state index in [9.17, 15) is 4.79 Å². The third-order valence-electron chi connectivity index (χ3n) is 3.51. The Balaban J connectivity index is 1.91. The average molecular weight is 253 g/mol. The highest BCUT2D eigenvalue weighted by molar-refractivity contribution is 5.92. The van der Waals surface area contributed by atoms with E-state index in [0.717, 1.165) is 17.5 Å². The number of nitrogens with two attached hydrogens (primary N) is 1. The first kappa shape index (κ1) is 11.9. The first-order valence-electron chi connectivity index (χ1n) is 6.30. The lowest BCUT2D eigenvalue weighted by atomic mass is 9.98. The van der Waals surface area contributed by atoms with Crippen molar-refractivity contribution in [3.8, 4) is 0 Å². The van der Waals surface area contributed by atoms with E-state index in [2.05, 4.69) is 22.4 Å². The molecular formula is C15H15N3O. The highest BCUT2D eigenvalue weighted by Gasteiger charge is 2.26. The second-order valence-corrected chi connectivity index (χ2v) is 4.71. The van der Waals surface area contributed by atoms with Gasteiger partial charge in [-0.2, -0.15) is 0 Å². The van der Waals surface area contributed by atoms with E-state index in [1.807, 2.05) is 24.3 Å². The normalized spacial score (nSPS) is 17.2. The summed E-state index contributed by atoms with van der Waals surface area (Å²) in [6.45, 7) is 0.652. The molecule has 1 unspecified atom stereocenters. The van der Waals surface area contributed by atoms with E-state index in [1.165, 1.54) is 5.56 Å². The summed E-state index contributed by atoms with van der Waals surface area (Å²) in [7, 11) is 0. The molecule has 0 radical (unpaired) electrons. The number of carbonyl (C=O) groups is 1. The number of primary amides is 1. The molecule has 2 heterocycles. The molecule has 19 heavy (non-hydrogen) atoms. The summed E-state index contributed by atoms with van der Waals surface area (Å²) < 4.78 is 0. The number of rotatable bonds is 3. The Morgan fingerprint density at radius 3 is 2.84 bits per heavy atom. The summed E-state index contributed by atoms with van der Waals surface area (Å²) in [4.78, 5) is 15.4. The fraction of sp³-hybridized carbons (Fsp3) is 0.200. The zero-order chi connectivity index (χ0) is 13.2. The van der Waals surface area contributed by atoms with Gasteiger partial charge >= 0.3 is 0 Å². The van der Waals surface area contributed by atoms with E-state index in [0.29, 0.717) is 12.2 Å². The number of hydrogen-bond donors (Lipinski definition) is 2. The minimum absolute atomic E-state index is 0.221. The van der Waals surface area contributed by atoms with Crippen molar-refractivity contribution in [3.63, 3.8) is 0 Å². The van der Waals surface area contributed by atoms with Gasteiger partial charge in [0.1, 0.15) is 5.69 Å². The molecule has 0 fully saturated rings. The summed E-state index contributed by atoms with van der Waals surface area (Å²) in [5, 5.41) is 3.42. The fourth-order valence-corrected chi connectivity index (χ4v) is 2.60. The predicted molar refractivity (Wildman–Crippen MR) is 72.5 cm³/mol. The van der Waals surface area contributed by atoms with Crippen LogP contribution in [0.2, 0.25) is 0 Å². The molecule has 3 rings (SSSR count). The van der Waals surface area contributed by atoms with Crippen LogP contribution in [0.5, 0.6) is 0 Å². The third-order valence-corrected chi connectivity index (χ3v) is 3.51. The number of fused-ring (bicyclic) bond motifs is 1. The van der Waals surface area contributed by atoms with Crippen LogP contribution in [-0.2, 0) is 13.0 Å². The van der Waals surface area contributed by atoms with E-state index < -0.39 is 5.91 Å². The standard InChI is InChI=1S/C15H15N3O/c16-15(19)14-12-9-18-13(11(12)6-7-17-14)8-10-4-2-1-3-5-10/h1-7,13,18H,8-9H2,(H2,16,19). The minimum Gasteiger partial charge on any atom is -0.364 e. The number of amides is 1. The Morgan fingerprint density at radius 2 is 2.11 bits per heavy atom. The maximum absolute atomic E-state index is 11.4. The second-order valence-electron chi connectivity index (χ2n) is 4.71. The monoisotopic (exact) mass is 253 g/mol. The van der Waals surface area contributed by atoms with Crippen LogP contribution in [0.4, 0.5) is 0 Å². The molecular weight excluding hydrogens is 238 g/mol. The van der Waals surface area contributed by atoms with E-state index in [4.69, 9.17) is 5.73 Å². The Morgan fingerprint density at radius 1 is 1.32 bits per heavy atom. The first-order chi connectivity index (χ1) is 9.25. The Labute approximate surface area is 111 Å². The number of nitrogens with one attached hydrogen (secondary N) is 1. The maximum Gasteiger partial charge on any atom is 0.267 e. The Kier molecular flexibility index (Phi) is 3.01. The first-order valence-corrected chi connectivity index (χ1v) is 6.30. The highest BCUT2D eigenvalue weighted by atomic mass is 16.1. The fourth-order valence-electron chi connectivity index (χ4n) is 2.60. The molecule has 1 aromatic carbocycles. The van der Waals surface area contributed by atoms with Gasteiger partial charge in [-0.05, 0) is 23.6 Å². The van der Waals surface area contributed by atoms with Crippen LogP contribution in [0, 0.1) is 0 Å². The Hall–Kier alpha value is -2.20. The van der Waals surface area contributed by atoms with E-state index in [1.54, 1.807) is 6.20 Å². The topological polar surface area (TPSA) is 68.0 Å². The molecule has 0 saturated carbocycles. The van der Waals surface area contributed by atoms with Gasteiger partial charge in [0.05, 0.1) is 0 Å². The van der Waals surface area contributed by atoms with E-state index >= 15 is 0 Å². The summed E-state index contributed by atoms with van der Waals surface area (Å²) in [5.41, 5.74) is 9.09. The van der Waals surface area contributed by atoms with Crippen molar-refractivity contribution in [2.24, 2.45) is 5.73 Å².